The van der Waals surface area contributed by atoms with Crippen LogP contribution in [-0.4, -0.2) is 49.2 Å². The highest BCUT2D eigenvalue weighted by molar-refractivity contribution is 7.89. The second-order valence-electron chi connectivity index (χ2n) is 8.40. The van der Waals surface area contributed by atoms with E-state index in [-0.39, 0.29) is 16.8 Å². The van der Waals surface area contributed by atoms with E-state index in [1.807, 2.05) is 25.1 Å². The van der Waals surface area contributed by atoms with Gasteiger partial charge in [0.2, 0.25) is 10.0 Å². The third-order valence-corrected chi connectivity index (χ3v) is 8.34. The van der Waals surface area contributed by atoms with Gasteiger partial charge in [-0.3, -0.25) is 9.69 Å². The molecule has 1 saturated heterocycles. The first-order valence-electron chi connectivity index (χ1n) is 11.6. The minimum Gasteiger partial charge on any atom is -0.348 e. The van der Waals surface area contributed by atoms with Gasteiger partial charge in [0.15, 0.2) is 0 Å². The Kier molecular flexibility index (Phi) is 8.45. The van der Waals surface area contributed by atoms with Crippen LogP contribution in [0.2, 0.25) is 0 Å². The van der Waals surface area contributed by atoms with Gasteiger partial charge < -0.3 is 5.32 Å². The summed E-state index contributed by atoms with van der Waals surface area (Å²) in [6.07, 6.45) is 2.83. The summed E-state index contributed by atoms with van der Waals surface area (Å²) in [5.74, 6) is -0.210. The number of carbonyl (C=O) groups excluding carboxylic acids is 1. The maximum atomic E-state index is 13.0. The van der Waals surface area contributed by atoms with Crippen molar-refractivity contribution in [3.63, 3.8) is 0 Å². The lowest BCUT2D eigenvalue weighted by molar-refractivity contribution is 0.0950. The molecule has 1 heterocycles. The van der Waals surface area contributed by atoms with E-state index in [9.17, 15) is 13.2 Å². The zero-order valence-electron chi connectivity index (χ0n) is 19.4. The summed E-state index contributed by atoms with van der Waals surface area (Å²) >= 11 is 0. The first kappa shape index (κ1) is 24.4. The molecule has 1 N–H and O–H groups in total. The monoisotopic (exact) mass is 457 g/mol. The van der Waals surface area contributed by atoms with Crippen molar-refractivity contribution in [1.29, 1.82) is 0 Å². The Balaban J connectivity index is 1.66. The third-order valence-electron chi connectivity index (χ3n) is 6.31. The van der Waals surface area contributed by atoms with Crippen LogP contribution in [0.15, 0.2) is 53.4 Å². The van der Waals surface area contributed by atoms with Crippen LogP contribution in [0.3, 0.4) is 0 Å². The molecule has 6 nitrogen and oxygen atoms in total. The van der Waals surface area contributed by atoms with Gasteiger partial charge in [-0.05, 0) is 68.2 Å². The van der Waals surface area contributed by atoms with Crippen molar-refractivity contribution in [2.75, 3.05) is 19.6 Å². The van der Waals surface area contributed by atoms with E-state index in [0.717, 1.165) is 44.5 Å². The molecule has 2 aromatic carbocycles. The summed E-state index contributed by atoms with van der Waals surface area (Å²) < 4.78 is 27.6. The number of nitrogens with zero attached hydrogens (tertiary/aromatic N) is 2. The summed E-state index contributed by atoms with van der Waals surface area (Å²) in [7, 11) is -3.53. The lowest BCUT2D eigenvalue weighted by Crippen LogP contribution is -2.41. The topological polar surface area (TPSA) is 69.7 Å². The molecule has 32 heavy (non-hydrogen) atoms. The molecule has 2 aromatic rings. The molecule has 174 valence electrons. The van der Waals surface area contributed by atoms with Crippen LogP contribution >= 0.6 is 0 Å². The number of nitrogens with one attached hydrogen (secondary N) is 1. The molecular formula is C25H35N3O3S. The molecule has 1 amide bonds. The molecule has 1 fully saturated rings. The SMILES string of the molecule is CCN(CC)Cc1ccccc1CNC(=O)c1ccc(S(=O)(=O)N2CCCCC2C)cc1. The molecule has 0 saturated carbocycles. The predicted molar refractivity (Wildman–Crippen MR) is 128 cm³/mol. The normalized spacial score (nSPS) is 17.4. The highest BCUT2D eigenvalue weighted by Crippen LogP contribution is 2.25. The fourth-order valence-electron chi connectivity index (χ4n) is 4.19. The smallest absolute Gasteiger partial charge is 0.251 e. The first-order valence-corrected chi connectivity index (χ1v) is 13.0. The van der Waals surface area contributed by atoms with Crippen LogP contribution in [0.4, 0.5) is 0 Å². The number of amides is 1. The molecule has 1 atom stereocenters. The van der Waals surface area contributed by atoms with Crippen LogP contribution < -0.4 is 5.32 Å². The van der Waals surface area contributed by atoms with E-state index >= 15 is 0 Å². The molecule has 0 aromatic heterocycles. The van der Waals surface area contributed by atoms with E-state index in [2.05, 4.69) is 30.1 Å². The second kappa shape index (κ2) is 11.1. The van der Waals surface area contributed by atoms with E-state index in [1.165, 1.54) is 5.56 Å². The Morgan fingerprint density at radius 2 is 1.69 bits per heavy atom. The standard InChI is InChI=1S/C25H35N3O3S/c1-4-27(5-2)19-23-12-7-6-11-22(23)18-26-25(29)21-13-15-24(16-14-21)32(30,31)28-17-9-8-10-20(28)3/h6-7,11-16,20H,4-5,8-10,17-19H2,1-3H3,(H,26,29). The number of benzene rings is 2. The average molecular weight is 458 g/mol. The number of sulfonamides is 1. The molecule has 1 unspecified atom stereocenters. The van der Waals surface area contributed by atoms with Gasteiger partial charge in [-0.15, -0.1) is 0 Å². The van der Waals surface area contributed by atoms with Crippen LogP contribution in [0.25, 0.3) is 0 Å². The van der Waals surface area contributed by atoms with E-state index in [0.29, 0.717) is 18.7 Å². The van der Waals surface area contributed by atoms with Crippen LogP contribution in [-0.2, 0) is 23.1 Å². The summed E-state index contributed by atoms with van der Waals surface area (Å²) in [5.41, 5.74) is 2.75. The van der Waals surface area contributed by atoms with E-state index in [4.69, 9.17) is 0 Å². The largest absolute Gasteiger partial charge is 0.348 e. The average Bonchev–Trinajstić information content (AvgIpc) is 2.81. The summed E-state index contributed by atoms with van der Waals surface area (Å²) in [4.78, 5) is 15.3. The molecule has 1 aliphatic heterocycles. The van der Waals surface area contributed by atoms with Crippen molar-refractivity contribution in [2.24, 2.45) is 0 Å². The van der Waals surface area contributed by atoms with Crippen molar-refractivity contribution < 1.29 is 13.2 Å². The van der Waals surface area contributed by atoms with Crippen molar-refractivity contribution in [2.45, 2.75) is 64.1 Å². The molecule has 0 radical (unpaired) electrons. The Morgan fingerprint density at radius 1 is 1.03 bits per heavy atom. The van der Waals surface area contributed by atoms with Gasteiger partial charge in [-0.2, -0.15) is 4.31 Å². The summed E-state index contributed by atoms with van der Waals surface area (Å²) in [6, 6.07) is 14.4. The minimum absolute atomic E-state index is 0.00753. The maximum Gasteiger partial charge on any atom is 0.251 e. The number of carbonyl (C=O) groups is 1. The van der Waals surface area contributed by atoms with Crippen LogP contribution in [0, 0.1) is 0 Å². The zero-order valence-corrected chi connectivity index (χ0v) is 20.2. The van der Waals surface area contributed by atoms with Crippen molar-refractivity contribution in [3.05, 3.63) is 65.2 Å². The highest BCUT2D eigenvalue weighted by Gasteiger charge is 2.30. The molecular weight excluding hydrogens is 422 g/mol. The second-order valence-corrected chi connectivity index (χ2v) is 10.3. The number of rotatable bonds is 9. The van der Waals surface area contributed by atoms with Crippen molar-refractivity contribution >= 4 is 15.9 Å². The fourth-order valence-corrected chi connectivity index (χ4v) is 5.89. The van der Waals surface area contributed by atoms with Gasteiger partial charge in [-0.1, -0.05) is 44.5 Å². The summed E-state index contributed by atoms with van der Waals surface area (Å²) in [6.45, 7) is 10.0. The highest BCUT2D eigenvalue weighted by atomic mass is 32.2. The molecule has 0 spiro atoms. The molecule has 1 aliphatic rings. The van der Waals surface area contributed by atoms with Gasteiger partial charge in [0.25, 0.3) is 5.91 Å². The number of hydrogen-bond acceptors (Lipinski definition) is 4. The minimum atomic E-state index is -3.53. The van der Waals surface area contributed by atoms with Gasteiger partial charge in [0.05, 0.1) is 4.90 Å². The number of piperidine rings is 1. The summed E-state index contributed by atoms with van der Waals surface area (Å²) in [5, 5.41) is 2.98. The molecule has 3 rings (SSSR count). The van der Waals surface area contributed by atoms with Crippen molar-refractivity contribution in [1.82, 2.24) is 14.5 Å². The molecule has 7 heteroatoms. The van der Waals surface area contributed by atoms with Crippen LogP contribution in [0.5, 0.6) is 0 Å². The van der Waals surface area contributed by atoms with Gasteiger partial charge in [0, 0.05) is 31.2 Å². The Labute approximate surface area is 192 Å². The van der Waals surface area contributed by atoms with Crippen molar-refractivity contribution in [3.8, 4) is 0 Å². The Hall–Kier alpha value is -2.22. The molecule has 0 bridgehead atoms. The van der Waals surface area contributed by atoms with Crippen LogP contribution in [0.1, 0.15) is 61.5 Å². The third kappa shape index (κ3) is 5.77. The maximum absolute atomic E-state index is 13.0. The van der Waals surface area contributed by atoms with Gasteiger partial charge in [0.1, 0.15) is 0 Å². The zero-order chi connectivity index (χ0) is 23.1. The predicted octanol–water partition coefficient (Wildman–Crippen LogP) is 4.02. The quantitative estimate of drug-likeness (QED) is 0.617. The Morgan fingerprint density at radius 3 is 2.31 bits per heavy atom. The Bertz CT molecular complexity index is 1000. The van der Waals surface area contributed by atoms with E-state index < -0.39 is 10.0 Å². The van der Waals surface area contributed by atoms with Gasteiger partial charge in [-0.25, -0.2) is 8.42 Å². The lowest BCUT2D eigenvalue weighted by Gasteiger charge is -2.32. The first-order chi connectivity index (χ1) is 15.4. The van der Waals surface area contributed by atoms with Gasteiger partial charge >= 0.3 is 0 Å². The van der Waals surface area contributed by atoms with E-state index in [1.54, 1.807) is 28.6 Å². The molecule has 0 aliphatic carbocycles. The lowest BCUT2D eigenvalue weighted by atomic mass is 10.1. The fraction of sp³-hybridized carbons (Fsp3) is 0.480. The number of hydrogen-bond donors (Lipinski definition) is 1.